The molecule has 0 unspecified atom stereocenters. The van der Waals surface area contributed by atoms with E-state index in [1.54, 1.807) is 6.07 Å². The van der Waals surface area contributed by atoms with Crippen LogP contribution in [-0.2, 0) is 6.18 Å². The second-order valence-corrected chi connectivity index (χ2v) is 4.65. The third-order valence-corrected chi connectivity index (χ3v) is 3.39. The Bertz CT molecular complexity index is 502. The molecule has 1 aromatic carbocycles. The van der Waals surface area contributed by atoms with E-state index >= 15 is 0 Å². The number of hydrogen-bond donors (Lipinski definition) is 2. The predicted molar refractivity (Wildman–Crippen MR) is 70.2 cm³/mol. The van der Waals surface area contributed by atoms with Crippen LogP contribution in [-0.4, -0.2) is 17.3 Å². The summed E-state index contributed by atoms with van der Waals surface area (Å²) in [6.07, 6.45) is -3.45. The summed E-state index contributed by atoms with van der Waals surface area (Å²) in [4.78, 5) is 0. The predicted octanol–water partition coefficient (Wildman–Crippen LogP) is 3.54. The molecule has 0 saturated carbocycles. The van der Waals surface area contributed by atoms with Crippen LogP contribution >= 0.6 is 0 Å². The molecule has 0 spiro atoms. The minimum Gasteiger partial charge on any atom is -0.388 e. The fraction of sp³-hybridized carbons (Fsp3) is 0.500. The van der Waals surface area contributed by atoms with E-state index in [1.807, 2.05) is 13.8 Å². The molecular formula is C14H17F3N2O. The van der Waals surface area contributed by atoms with Gasteiger partial charge in [0.25, 0.3) is 0 Å². The average molecular weight is 286 g/mol. The maximum absolute atomic E-state index is 12.6. The molecule has 3 nitrogen and oxygen atoms in total. The largest absolute Gasteiger partial charge is 0.416 e. The Morgan fingerprint density at radius 2 is 1.85 bits per heavy atom. The maximum Gasteiger partial charge on any atom is 0.416 e. The molecule has 6 heteroatoms. The van der Waals surface area contributed by atoms with Crippen molar-refractivity contribution in [2.45, 2.75) is 38.5 Å². The third-order valence-electron chi connectivity index (χ3n) is 3.39. The number of nitrogens with zero attached hydrogens (tertiary/aromatic N) is 1. The fourth-order valence-electron chi connectivity index (χ4n) is 1.73. The van der Waals surface area contributed by atoms with E-state index < -0.39 is 17.3 Å². The number of halogens is 3. The quantitative estimate of drug-likeness (QED) is 0.870. The molecule has 0 fully saturated rings. The van der Waals surface area contributed by atoms with E-state index in [4.69, 9.17) is 5.26 Å². The number of alkyl halides is 3. The zero-order valence-corrected chi connectivity index (χ0v) is 11.4. The molecule has 0 radical (unpaired) electrons. The summed E-state index contributed by atoms with van der Waals surface area (Å²) in [6, 6.07) is 4.67. The van der Waals surface area contributed by atoms with Crippen molar-refractivity contribution in [1.29, 1.82) is 5.26 Å². The van der Waals surface area contributed by atoms with Crippen molar-refractivity contribution in [2.24, 2.45) is 0 Å². The summed E-state index contributed by atoms with van der Waals surface area (Å²) >= 11 is 0. The molecule has 0 heterocycles. The SMILES string of the molecule is CCC(O)(CC)CNc1ccc(C(F)(F)F)cc1C#N. The van der Waals surface area contributed by atoms with Crippen molar-refractivity contribution in [2.75, 3.05) is 11.9 Å². The van der Waals surface area contributed by atoms with Gasteiger partial charge in [-0.3, -0.25) is 0 Å². The van der Waals surface area contributed by atoms with Gasteiger partial charge in [0.05, 0.1) is 22.4 Å². The number of benzene rings is 1. The zero-order chi connectivity index (χ0) is 15.4. The Balaban J connectivity index is 2.95. The van der Waals surface area contributed by atoms with Gasteiger partial charge in [-0.25, -0.2) is 0 Å². The van der Waals surface area contributed by atoms with Gasteiger partial charge in [-0.1, -0.05) is 13.8 Å². The minimum atomic E-state index is -4.47. The summed E-state index contributed by atoms with van der Waals surface area (Å²) in [5.74, 6) is 0. The normalized spacial score (nSPS) is 12.1. The van der Waals surface area contributed by atoms with Gasteiger partial charge in [0.2, 0.25) is 0 Å². The topological polar surface area (TPSA) is 56.0 Å². The van der Waals surface area contributed by atoms with Crippen LogP contribution < -0.4 is 5.32 Å². The summed E-state index contributed by atoms with van der Waals surface area (Å²) in [5.41, 5.74) is -1.59. The minimum absolute atomic E-state index is 0.0885. The number of anilines is 1. The molecule has 0 amide bonds. The standard InChI is InChI=1S/C14H17F3N2O/c1-3-13(20,4-2)9-19-12-6-5-11(14(15,16)17)7-10(12)8-18/h5-7,19-20H,3-4,9H2,1-2H3. The zero-order valence-electron chi connectivity index (χ0n) is 11.4. The summed E-state index contributed by atoms with van der Waals surface area (Å²) < 4.78 is 37.7. The van der Waals surface area contributed by atoms with E-state index in [2.05, 4.69) is 5.32 Å². The van der Waals surface area contributed by atoms with Crippen molar-refractivity contribution in [3.8, 4) is 6.07 Å². The molecule has 20 heavy (non-hydrogen) atoms. The monoisotopic (exact) mass is 286 g/mol. The first-order chi connectivity index (χ1) is 9.25. The van der Waals surface area contributed by atoms with Gasteiger partial charge in [0.1, 0.15) is 6.07 Å². The molecule has 0 aliphatic carbocycles. The fourth-order valence-corrected chi connectivity index (χ4v) is 1.73. The van der Waals surface area contributed by atoms with Crippen LogP contribution in [0.3, 0.4) is 0 Å². The Labute approximate surface area is 116 Å². The number of rotatable bonds is 5. The van der Waals surface area contributed by atoms with Crippen LogP contribution in [0.5, 0.6) is 0 Å². The van der Waals surface area contributed by atoms with Gasteiger partial charge in [0.15, 0.2) is 0 Å². The van der Waals surface area contributed by atoms with Gasteiger partial charge in [-0.15, -0.1) is 0 Å². The maximum atomic E-state index is 12.6. The Kier molecular flexibility index (Phi) is 5.01. The van der Waals surface area contributed by atoms with Crippen LogP contribution in [0.1, 0.15) is 37.8 Å². The van der Waals surface area contributed by atoms with Crippen LogP contribution in [0.25, 0.3) is 0 Å². The van der Waals surface area contributed by atoms with E-state index in [0.717, 1.165) is 12.1 Å². The van der Waals surface area contributed by atoms with Crippen LogP contribution in [0.15, 0.2) is 18.2 Å². The molecule has 0 aliphatic heterocycles. The summed E-state index contributed by atoms with van der Waals surface area (Å²) in [5, 5.41) is 21.9. The molecule has 2 N–H and O–H groups in total. The lowest BCUT2D eigenvalue weighted by molar-refractivity contribution is -0.137. The van der Waals surface area contributed by atoms with Gasteiger partial charge >= 0.3 is 6.18 Å². The lowest BCUT2D eigenvalue weighted by atomic mass is 9.97. The first-order valence-electron chi connectivity index (χ1n) is 6.33. The molecule has 0 saturated heterocycles. The van der Waals surface area contributed by atoms with E-state index in [9.17, 15) is 18.3 Å². The second kappa shape index (κ2) is 6.14. The number of hydrogen-bond acceptors (Lipinski definition) is 3. The highest BCUT2D eigenvalue weighted by atomic mass is 19.4. The molecule has 1 aromatic rings. The third kappa shape index (κ3) is 3.87. The first-order valence-corrected chi connectivity index (χ1v) is 6.33. The molecule has 0 aliphatic rings. The molecular weight excluding hydrogens is 269 g/mol. The van der Waals surface area contributed by atoms with Gasteiger partial charge < -0.3 is 10.4 Å². The lowest BCUT2D eigenvalue weighted by Gasteiger charge is -2.26. The molecule has 110 valence electrons. The molecule has 0 bridgehead atoms. The van der Waals surface area contributed by atoms with Crippen molar-refractivity contribution >= 4 is 5.69 Å². The van der Waals surface area contributed by atoms with Crippen LogP contribution in [0.2, 0.25) is 0 Å². The highest BCUT2D eigenvalue weighted by Gasteiger charge is 2.31. The van der Waals surface area contributed by atoms with Crippen molar-refractivity contribution in [1.82, 2.24) is 0 Å². The number of aliphatic hydroxyl groups is 1. The van der Waals surface area contributed by atoms with E-state index in [0.29, 0.717) is 18.5 Å². The summed E-state index contributed by atoms with van der Waals surface area (Å²) in [6.45, 7) is 3.83. The molecule has 0 atom stereocenters. The highest BCUT2D eigenvalue weighted by Crippen LogP contribution is 2.31. The van der Waals surface area contributed by atoms with Gasteiger partial charge in [0, 0.05) is 6.54 Å². The second-order valence-electron chi connectivity index (χ2n) is 4.65. The highest BCUT2D eigenvalue weighted by molar-refractivity contribution is 5.59. The van der Waals surface area contributed by atoms with E-state index in [-0.39, 0.29) is 12.1 Å². The van der Waals surface area contributed by atoms with Crippen molar-refractivity contribution in [3.63, 3.8) is 0 Å². The van der Waals surface area contributed by atoms with Gasteiger partial charge in [-0.2, -0.15) is 18.4 Å². The van der Waals surface area contributed by atoms with Crippen molar-refractivity contribution in [3.05, 3.63) is 29.3 Å². The average Bonchev–Trinajstić information content (AvgIpc) is 2.43. The van der Waals surface area contributed by atoms with E-state index in [1.165, 1.54) is 6.07 Å². The van der Waals surface area contributed by atoms with Gasteiger partial charge in [-0.05, 0) is 31.0 Å². The molecule has 0 aromatic heterocycles. The smallest absolute Gasteiger partial charge is 0.388 e. The number of nitriles is 1. The van der Waals surface area contributed by atoms with Crippen LogP contribution in [0.4, 0.5) is 18.9 Å². The first kappa shape index (κ1) is 16.3. The lowest BCUT2D eigenvalue weighted by Crippen LogP contribution is -2.35. The molecule has 1 rings (SSSR count). The number of nitrogens with one attached hydrogen (secondary N) is 1. The van der Waals surface area contributed by atoms with Crippen LogP contribution in [0, 0.1) is 11.3 Å². The van der Waals surface area contributed by atoms with Crippen molar-refractivity contribution < 1.29 is 18.3 Å². The Morgan fingerprint density at radius 1 is 1.25 bits per heavy atom. The summed E-state index contributed by atoms with van der Waals surface area (Å²) in [7, 11) is 0. The Hall–Kier alpha value is -1.74. The Morgan fingerprint density at radius 3 is 2.30 bits per heavy atom.